The van der Waals surface area contributed by atoms with Gasteiger partial charge in [-0.1, -0.05) is 6.07 Å². The average molecular weight is 260 g/mol. The second-order valence-electron chi connectivity index (χ2n) is 4.05. The predicted octanol–water partition coefficient (Wildman–Crippen LogP) is 3.21. The number of halogens is 1. The lowest BCUT2D eigenvalue weighted by Crippen LogP contribution is -2.23. The molecule has 0 aliphatic rings. The zero-order valence-corrected chi connectivity index (χ0v) is 11.1. The topological polar surface area (TPSA) is 41.1 Å². The zero-order valence-electron chi connectivity index (χ0n) is 11.1. The Hall–Kier alpha value is -2.17. The molecule has 0 aliphatic carbocycles. The minimum Gasteiger partial charge on any atom is -0.357 e. The van der Waals surface area contributed by atoms with E-state index in [0.29, 0.717) is 11.6 Å². The van der Waals surface area contributed by atoms with Crippen LogP contribution >= 0.6 is 0 Å². The third-order valence-corrected chi connectivity index (χ3v) is 2.81. The quantitative estimate of drug-likeness (QED) is 0.896. The molecule has 0 spiro atoms. The lowest BCUT2D eigenvalue weighted by Gasteiger charge is -2.19. The van der Waals surface area contributed by atoms with Gasteiger partial charge < -0.3 is 10.2 Å². The first-order valence-electron chi connectivity index (χ1n) is 6.33. The van der Waals surface area contributed by atoms with Crippen LogP contribution in [-0.2, 0) is 0 Å². The number of hydrogen-bond donors (Lipinski definition) is 1. The highest BCUT2D eigenvalue weighted by Gasteiger charge is 2.05. The van der Waals surface area contributed by atoms with E-state index >= 15 is 0 Å². The van der Waals surface area contributed by atoms with Crippen LogP contribution in [0.25, 0.3) is 0 Å². The van der Waals surface area contributed by atoms with E-state index in [-0.39, 0.29) is 5.82 Å². The summed E-state index contributed by atoms with van der Waals surface area (Å²) in [5.41, 5.74) is 0.636. The lowest BCUT2D eigenvalue weighted by atomic mass is 10.3. The van der Waals surface area contributed by atoms with Crippen molar-refractivity contribution in [2.45, 2.75) is 13.8 Å². The maximum atomic E-state index is 13.1. The minimum absolute atomic E-state index is 0.287. The fourth-order valence-corrected chi connectivity index (χ4v) is 1.83. The highest BCUT2D eigenvalue weighted by Crippen LogP contribution is 2.16. The van der Waals surface area contributed by atoms with Crippen LogP contribution < -0.4 is 10.2 Å². The van der Waals surface area contributed by atoms with Gasteiger partial charge in [-0.15, -0.1) is 0 Å². The van der Waals surface area contributed by atoms with Crippen molar-refractivity contribution in [1.29, 1.82) is 0 Å². The molecule has 0 saturated heterocycles. The Morgan fingerprint density at radius 3 is 2.68 bits per heavy atom. The van der Waals surface area contributed by atoms with Crippen LogP contribution in [0.5, 0.6) is 0 Å². The Kier molecular flexibility index (Phi) is 4.28. The summed E-state index contributed by atoms with van der Waals surface area (Å²) in [6.45, 7) is 5.91. The molecule has 0 fully saturated rings. The SMILES string of the molecule is CCN(CC)c1ccnc(Nc2cccc(F)c2)n1. The fraction of sp³-hybridized carbons (Fsp3) is 0.286. The van der Waals surface area contributed by atoms with Crippen LogP contribution in [0.4, 0.5) is 21.8 Å². The number of benzene rings is 1. The third kappa shape index (κ3) is 3.40. The van der Waals surface area contributed by atoms with E-state index in [1.807, 2.05) is 6.07 Å². The fourth-order valence-electron chi connectivity index (χ4n) is 1.83. The van der Waals surface area contributed by atoms with Crippen molar-refractivity contribution >= 4 is 17.5 Å². The summed E-state index contributed by atoms with van der Waals surface area (Å²) >= 11 is 0. The van der Waals surface area contributed by atoms with Gasteiger partial charge in [0.2, 0.25) is 5.95 Å². The summed E-state index contributed by atoms with van der Waals surface area (Å²) in [5.74, 6) is 1.04. The molecule has 2 rings (SSSR count). The Balaban J connectivity index is 2.19. The predicted molar refractivity (Wildman–Crippen MR) is 75.3 cm³/mol. The first-order chi connectivity index (χ1) is 9.22. The van der Waals surface area contributed by atoms with Gasteiger partial charge in [0.15, 0.2) is 0 Å². The summed E-state index contributed by atoms with van der Waals surface area (Å²) in [4.78, 5) is 10.7. The third-order valence-electron chi connectivity index (χ3n) is 2.81. The van der Waals surface area contributed by atoms with Crippen molar-refractivity contribution in [3.05, 3.63) is 42.3 Å². The summed E-state index contributed by atoms with van der Waals surface area (Å²) in [7, 11) is 0. The zero-order chi connectivity index (χ0) is 13.7. The Morgan fingerprint density at radius 2 is 2.00 bits per heavy atom. The summed E-state index contributed by atoms with van der Waals surface area (Å²) < 4.78 is 13.1. The summed E-state index contributed by atoms with van der Waals surface area (Å²) in [5, 5.41) is 3.00. The Morgan fingerprint density at radius 1 is 1.21 bits per heavy atom. The molecular formula is C14H17FN4. The van der Waals surface area contributed by atoms with E-state index in [4.69, 9.17) is 0 Å². The number of nitrogens with zero attached hydrogens (tertiary/aromatic N) is 3. The molecule has 1 aromatic heterocycles. The Bertz CT molecular complexity index is 540. The van der Waals surface area contributed by atoms with E-state index in [1.54, 1.807) is 18.3 Å². The normalized spacial score (nSPS) is 10.3. The molecule has 0 atom stereocenters. The number of aromatic nitrogens is 2. The summed E-state index contributed by atoms with van der Waals surface area (Å²) in [6.07, 6.45) is 1.70. The van der Waals surface area contributed by atoms with Gasteiger partial charge in [-0.25, -0.2) is 9.37 Å². The Labute approximate surface area is 112 Å². The number of anilines is 3. The smallest absolute Gasteiger partial charge is 0.229 e. The summed E-state index contributed by atoms with van der Waals surface area (Å²) in [6, 6.07) is 8.10. The van der Waals surface area contributed by atoms with Crippen molar-refractivity contribution in [2.24, 2.45) is 0 Å². The van der Waals surface area contributed by atoms with Crippen LogP contribution in [0, 0.1) is 5.82 Å². The van der Waals surface area contributed by atoms with Gasteiger partial charge in [-0.3, -0.25) is 0 Å². The monoisotopic (exact) mass is 260 g/mol. The van der Waals surface area contributed by atoms with Crippen LogP contribution in [0.15, 0.2) is 36.5 Å². The van der Waals surface area contributed by atoms with E-state index < -0.39 is 0 Å². The maximum absolute atomic E-state index is 13.1. The molecule has 0 amide bonds. The van der Waals surface area contributed by atoms with Crippen molar-refractivity contribution in [3.63, 3.8) is 0 Å². The van der Waals surface area contributed by atoms with Crippen molar-refractivity contribution in [3.8, 4) is 0 Å². The van der Waals surface area contributed by atoms with Crippen LogP contribution in [0.3, 0.4) is 0 Å². The molecule has 1 N–H and O–H groups in total. The van der Waals surface area contributed by atoms with Gasteiger partial charge in [-0.05, 0) is 38.1 Å². The number of rotatable bonds is 5. The molecule has 0 aliphatic heterocycles. The largest absolute Gasteiger partial charge is 0.357 e. The van der Waals surface area contributed by atoms with Crippen LogP contribution in [-0.4, -0.2) is 23.1 Å². The van der Waals surface area contributed by atoms with Gasteiger partial charge >= 0.3 is 0 Å². The molecule has 0 radical (unpaired) electrons. The van der Waals surface area contributed by atoms with E-state index in [1.165, 1.54) is 12.1 Å². The average Bonchev–Trinajstić information content (AvgIpc) is 2.41. The molecule has 4 nitrogen and oxygen atoms in total. The molecule has 100 valence electrons. The van der Waals surface area contributed by atoms with Crippen molar-refractivity contribution in [1.82, 2.24) is 9.97 Å². The second kappa shape index (κ2) is 6.13. The highest BCUT2D eigenvalue weighted by atomic mass is 19.1. The van der Waals surface area contributed by atoms with Crippen LogP contribution in [0.2, 0.25) is 0 Å². The second-order valence-corrected chi connectivity index (χ2v) is 4.05. The standard InChI is InChI=1S/C14H17FN4/c1-3-19(4-2)13-8-9-16-14(18-13)17-12-7-5-6-11(15)10-12/h5-10H,3-4H2,1-2H3,(H,16,17,18). The molecule has 2 aromatic rings. The molecule has 5 heteroatoms. The van der Waals surface area contributed by atoms with Crippen molar-refractivity contribution in [2.75, 3.05) is 23.3 Å². The lowest BCUT2D eigenvalue weighted by molar-refractivity contribution is 0.628. The minimum atomic E-state index is -0.287. The van der Waals surface area contributed by atoms with E-state index in [0.717, 1.165) is 18.9 Å². The number of nitrogens with one attached hydrogen (secondary N) is 1. The van der Waals surface area contributed by atoms with Gasteiger partial charge in [-0.2, -0.15) is 4.98 Å². The molecular weight excluding hydrogens is 243 g/mol. The van der Waals surface area contributed by atoms with Gasteiger partial charge in [0.25, 0.3) is 0 Å². The molecule has 1 aromatic carbocycles. The van der Waals surface area contributed by atoms with Crippen molar-refractivity contribution < 1.29 is 4.39 Å². The highest BCUT2D eigenvalue weighted by molar-refractivity contribution is 5.54. The van der Waals surface area contributed by atoms with E-state index in [2.05, 4.69) is 34.0 Å². The number of hydrogen-bond acceptors (Lipinski definition) is 4. The van der Waals surface area contributed by atoms with E-state index in [9.17, 15) is 4.39 Å². The van der Waals surface area contributed by atoms with Gasteiger partial charge in [0.05, 0.1) is 0 Å². The van der Waals surface area contributed by atoms with Crippen LogP contribution in [0.1, 0.15) is 13.8 Å². The molecule has 0 bridgehead atoms. The van der Waals surface area contributed by atoms with Gasteiger partial charge in [0, 0.05) is 25.0 Å². The molecule has 1 heterocycles. The first-order valence-corrected chi connectivity index (χ1v) is 6.33. The first kappa shape index (κ1) is 13.3. The molecule has 0 unspecified atom stereocenters. The molecule has 19 heavy (non-hydrogen) atoms. The van der Waals surface area contributed by atoms with Gasteiger partial charge in [0.1, 0.15) is 11.6 Å². The maximum Gasteiger partial charge on any atom is 0.229 e. The molecule has 0 saturated carbocycles.